The van der Waals surface area contributed by atoms with Gasteiger partial charge in [0.15, 0.2) is 0 Å². The first kappa shape index (κ1) is 14.0. The number of rotatable bonds is 3. The van der Waals surface area contributed by atoms with E-state index in [0.29, 0.717) is 16.1 Å². The van der Waals surface area contributed by atoms with Gasteiger partial charge in [0.25, 0.3) is 0 Å². The summed E-state index contributed by atoms with van der Waals surface area (Å²) >= 11 is 12.1. The molecule has 0 bridgehead atoms. The van der Waals surface area contributed by atoms with E-state index in [2.05, 4.69) is 18.3 Å². The van der Waals surface area contributed by atoms with E-state index >= 15 is 0 Å². The van der Waals surface area contributed by atoms with Crippen LogP contribution in [-0.4, -0.2) is 0 Å². The molecule has 1 N–H and O–H groups in total. The molecular weight excluding hydrogens is 293 g/mol. The topological polar surface area (TPSA) is 25.2 Å². The zero-order valence-corrected chi connectivity index (χ0v) is 12.8. The molecule has 0 radical (unpaired) electrons. The molecule has 2 unspecified atom stereocenters. The van der Waals surface area contributed by atoms with Gasteiger partial charge in [-0.15, -0.1) is 0 Å². The summed E-state index contributed by atoms with van der Waals surface area (Å²) in [6.45, 7) is 2.15. The average molecular weight is 310 g/mol. The Morgan fingerprint density at radius 3 is 2.90 bits per heavy atom. The van der Waals surface area contributed by atoms with Crippen LogP contribution in [0.15, 0.2) is 34.9 Å². The summed E-state index contributed by atoms with van der Waals surface area (Å²) in [5.41, 5.74) is 2.44. The number of hydrogen-bond donors (Lipinski definition) is 1. The molecule has 1 heterocycles. The lowest BCUT2D eigenvalue weighted by molar-refractivity contribution is 0.386. The van der Waals surface area contributed by atoms with Gasteiger partial charge in [-0.05, 0) is 43.5 Å². The molecule has 0 amide bonds. The smallest absolute Gasteiger partial charge is 0.108 e. The first-order valence-electron chi connectivity index (χ1n) is 6.92. The number of furan rings is 1. The summed E-state index contributed by atoms with van der Waals surface area (Å²) in [4.78, 5) is 0. The van der Waals surface area contributed by atoms with Crippen LogP contribution in [-0.2, 0) is 6.42 Å². The van der Waals surface area contributed by atoms with E-state index in [1.54, 1.807) is 6.26 Å². The van der Waals surface area contributed by atoms with Crippen molar-refractivity contribution in [2.75, 3.05) is 0 Å². The van der Waals surface area contributed by atoms with Gasteiger partial charge in [0, 0.05) is 24.1 Å². The largest absolute Gasteiger partial charge is 0.469 e. The maximum Gasteiger partial charge on any atom is 0.108 e. The second kappa shape index (κ2) is 5.80. The van der Waals surface area contributed by atoms with Gasteiger partial charge in [0.1, 0.15) is 5.76 Å². The Hall–Kier alpha value is -0.960. The molecular formula is C16H17Cl2NO. The Morgan fingerprint density at radius 2 is 2.10 bits per heavy atom. The molecule has 0 spiro atoms. The van der Waals surface area contributed by atoms with Crippen LogP contribution >= 0.6 is 23.2 Å². The molecule has 106 valence electrons. The van der Waals surface area contributed by atoms with Gasteiger partial charge < -0.3 is 9.73 Å². The summed E-state index contributed by atoms with van der Waals surface area (Å²) in [6.07, 6.45) is 5.13. The maximum atomic E-state index is 6.09. The van der Waals surface area contributed by atoms with Crippen molar-refractivity contribution < 1.29 is 4.42 Å². The third-order valence-electron chi connectivity index (χ3n) is 3.95. The van der Waals surface area contributed by atoms with Gasteiger partial charge in [0.05, 0.1) is 16.3 Å². The molecule has 2 nitrogen and oxygen atoms in total. The SMILES string of the molecule is CC(NC1CCCc2occc21)c1ccc(Cl)c(Cl)c1. The van der Waals surface area contributed by atoms with Crippen LogP contribution in [0.2, 0.25) is 10.0 Å². The number of aryl methyl sites for hydroxylation is 1. The van der Waals surface area contributed by atoms with E-state index in [-0.39, 0.29) is 6.04 Å². The lowest BCUT2D eigenvalue weighted by atomic mass is 9.92. The Bertz CT molecular complexity index is 608. The predicted octanol–water partition coefficient (Wildman–Crippen LogP) is 5.31. The van der Waals surface area contributed by atoms with Gasteiger partial charge in [-0.1, -0.05) is 29.3 Å². The highest BCUT2D eigenvalue weighted by Gasteiger charge is 2.24. The summed E-state index contributed by atoms with van der Waals surface area (Å²) in [5.74, 6) is 1.12. The second-order valence-electron chi connectivity index (χ2n) is 5.31. The highest BCUT2D eigenvalue weighted by atomic mass is 35.5. The minimum atomic E-state index is 0.218. The Morgan fingerprint density at radius 1 is 1.25 bits per heavy atom. The number of hydrogen-bond acceptors (Lipinski definition) is 2. The number of fused-ring (bicyclic) bond motifs is 1. The standard InChI is InChI=1S/C16H17Cl2NO/c1-10(11-5-6-13(17)14(18)9-11)19-15-3-2-4-16-12(15)7-8-20-16/h5-10,15,19H,2-4H2,1H3. The lowest BCUT2D eigenvalue weighted by Gasteiger charge is -2.26. The van der Waals surface area contributed by atoms with Crippen LogP contribution in [0.3, 0.4) is 0 Å². The van der Waals surface area contributed by atoms with Crippen LogP contribution in [0.1, 0.15) is 48.7 Å². The van der Waals surface area contributed by atoms with Crippen LogP contribution in [0.5, 0.6) is 0 Å². The molecule has 0 saturated carbocycles. The average Bonchev–Trinajstić information content (AvgIpc) is 2.91. The number of benzene rings is 1. The van der Waals surface area contributed by atoms with Gasteiger partial charge >= 0.3 is 0 Å². The molecule has 1 aromatic heterocycles. The highest BCUT2D eigenvalue weighted by Crippen LogP contribution is 2.33. The second-order valence-corrected chi connectivity index (χ2v) is 6.12. The van der Waals surface area contributed by atoms with Crippen molar-refractivity contribution >= 4 is 23.2 Å². The fraction of sp³-hybridized carbons (Fsp3) is 0.375. The summed E-state index contributed by atoms with van der Waals surface area (Å²) in [6, 6.07) is 8.44. The quantitative estimate of drug-likeness (QED) is 0.830. The van der Waals surface area contributed by atoms with E-state index in [0.717, 1.165) is 30.6 Å². The van der Waals surface area contributed by atoms with Crippen LogP contribution in [0.4, 0.5) is 0 Å². The minimum Gasteiger partial charge on any atom is -0.469 e. The van der Waals surface area contributed by atoms with Crippen molar-refractivity contribution in [1.82, 2.24) is 5.32 Å². The fourth-order valence-corrected chi connectivity index (χ4v) is 3.15. The Labute approximate surface area is 129 Å². The van der Waals surface area contributed by atoms with Crippen molar-refractivity contribution in [2.24, 2.45) is 0 Å². The third kappa shape index (κ3) is 2.73. The Kier molecular flexibility index (Phi) is 4.06. The molecule has 3 rings (SSSR count). The number of halogens is 2. The van der Waals surface area contributed by atoms with E-state index < -0.39 is 0 Å². The first-order valence-corrected chi connectivity index (χ1v) is 7.68. The van der Waals surface area contributed by atoms with Gasteiger partial charge in [-0.3, -0.25) is 0 Å². The summed E-state index contributed by atoms with van der Waals surface area (Å²) in [7, 11) is 0. The monoisotopic (exact) mass is 309 g/mol. The van der Waals surface area contributed by atoms with Crippen molar-refractivity contribution in [2.45, 2.75) is 38.3 Å². The van der Waals surface area contributed by atoms with Crippen molar-refractivity contribution in [1.29, 1.82) is 0 Å². The normalized spacial score (nSPS) is 19.6. The highest BCUT2D eigenvalue weighted by molar-refractivity contribution is 6.42. The molecule has 0 aliphatic heterocycles. The number of nitrogens with one attached hydrogen (secondary N) is 1. The molecule has 2 aromatic rings. The van der Waals surface area contributed by atoms with Gasteiger partial charge in [-0.25, -0.2) is 0 Å². The zero-order valence-electron chi connectivity index (χ0n) is 11.3. The molecule has 1 aliphatic carbocycles. The summed E-state index contributed by atoms with van der Waals surface area (Å²) in [5, 5.41) is 4.86. The van der Waals surface area contributed by atoms with E-state index in [1.165, 1.54) is 5.56 Å². The minimum absolute atomic E-state index is 0.218. The van der Waals surface area contributed by atoms with Crippen LogP contribution < -0.4 is 5.32 Å². The van der Waals surface area contributed by atoms with Gasteiger partial charge in [-0.2, -0.15) is 0 Å². The molecule has 2 atom stereocenters. The molecule has 4 heteroatoms. The Balaban J connectivity index is 1.77. The maximum absolute atomic E-state index is 6.09. The van der Waals surface area contributed by atoms with Crippen molar-refractivity contribution in [3.05, 3.63) is 57.5 Å². The van der Waals surface area contributed by atoms with Crippen molar-refractivity contribution in [3.63, 3.8) is 0 Å². The van der Waals surface area contributed by atoms with Crippen LogP contribution in [0.25, 0.3) is 0 Å². The molecule has 20 heavy (non-hydrogen) atoms. The van der Waals surface area contributed by atoms with E-state index in [4.69, 9.17) is 27.6 Å². The van der Waals surface area contributed by atoms with E-state index in [1.807, 2.05) is 18.2 Å². The third-order valence-corrected chi connectivity index (χ3v) is 4.69. The summed E-state index contributed by atoms with van der Waals surface area (Å²) < 4.78 is 5.53. The molecule has 1 aromatic carbocycles. The first-order chi connectivity index (χ1) is 9.65. The molecule has 1 aliphatic rings. The van der Waals surface area contributed by atoms with Crippen molar-refractivity contribution in [3.8, 4) is 0 Å². The van der Waals surface area contributed by atoms with Crippen LogP contribution in [0, 0.1) is 0 Å². The van der Waals surface area contributed by atoms with Gasteiger partial charge in [0.2, 0.25) is 0 Å². The van der Waals surface area contributed by atoms with E-state index in [9.17, 15) is 0 Å². The zero-order chi connectivity index (χ0) is 14.1. The molecule has 0 fully saturated rings. The predicted molar refractivity (Wildman–Crippen MR) is 82.4 cm³/mol. The lowest BCUT2D eigenvalue weighted by Crippen LogP contribution is -2.27. The molecule has 0 saturated heterocycles. The fourth-order valence-electron chi connectivity index (χ4n) is 2.84.